The van der Waals surface area contributed by atoms with Crippen LogP contribution in [0, 0.1) is 6.92 Å². The highest BCUT2D eigenvalue weighted by Crippen LogP contribution is 2.26. The van der Waals surface area contributed by atoms with E-state index >= 15 is 0 Å². The van der Waals surface area contributed by atoms with E-state index in [1.54, 1.807) is 25.6 Å². The van der Waals surface area contributed by atoms with Crippen molar-refractivity contribution in [1.29, 1.82) is 0 Å². The largest absolute Gasteiger partial charge is 0.385 e. The van der Waals surface area contributed by atoms with Crippen molar-refractivity contribution in [2.45, 2.75) is 26.0 Å². The molecule has 4 nitrogen and oxygen atoms in total. The highest BCUT2D eigenvalue weighted by atomic mass is 35.5. The van der Waals surface area contributed by atoms with Crippen molar-refractivity contribution in [2.24, 2.45) is 12.8 Å². The number of aromatic nitrogens is 2. The second-order valence-electron chi connectivity index (χ2n) is 3.21. The lowest BCUT2D eigenvalue weighted by Gasteiger charge is -2.14. The lowest BCUT2D eigenvalue weighted by molar-refractivity contribution is 0.144. The van der Waals surface area contributed by atoms with Gasteiger partial charge in [0.25, 0.3) is 0 Å². The molecule has 0 aromatic carbocycles. The number of aliphatic hydroxyl groups is 1. The molecule has 74 valence electrons. The second kappa shape index (κ2) is 3.65. The van der Waals surface area contributed by atoms with Crippen molar-refractivity contribution in [1.82, 2.24) is 9.78 Å². The third-order valence-electron chi connectivity index (χ3n) is 1.97. The number of aliphatic hydroxyl groups excluding tert-OH is 1. The first-order valence-electron chi connectivity index (χ1n) is 4.07. The fourth-order valence-electron chi connectivity index (χ4n) is 1.22. The Balaban J connectivity index is 3.13. The van der Waals surface area contributed by atoms with E-state index in [1.807, 2.05) is 0 Å². The second-order valence-corrected chi connectivity index (χ2v) is 3.59. The van der Waals surface area contributed by atoms with Crippen molar-refractivity contribution in [2.75, 3.05) is 0 Å². The van der Waals surface area contributed by atoms with Gasteiger partial charge in [-0.3, -0.25) is 4.68 Å². The number of aryl methyl sites for hydroxylation is 2. The molecular weight excluding hydrogens is 190 g/mol. The van der Waals surface area contributed by atoms with Crippen molar-refractivity contribution in [3.8, 4) is 0 Å². The van der Waals surface area contributed by atoms with Gasteiger partial charge in [-0.1, -0.05) is 11.6 Å². The number of hydrogen-bond acceptors (Lipinski definition) is 3. The van der Waals surface area contributed by atoms with Gasteiger partial charge >= 0.3 is 0 Å². The molecule has 0 fully saturated rings. The Kier molecular flexibility index (Phi) is 2.95. The van der Waals surface area contributed by atoms with Crippen LogP contribution in [0.25, 0.3) is 0 Å². The van der Waals surface area contributed by atoms with Gasteiger partial charge in [0, 0.05) is 13.1 Å². The minimum atomic E-state index is -0.765. The van der Waals surface area contributed by atoms with Gasteiger partial charge in [0.2, 0.25) is 0 Å². The van der Waals surface area contributed by atoms with Gasteiger partial charge in [0.1, 0.15) is 6.10 Å². The summed E-state index contributed by atoms with van der Waals surface area (Å²) in [4.78, 5) is 0. The van der Waals surface area contributed by atoms with Crippen molar-refractivity contribution in [3.05, 3.63) is 16.4 Å². The highest BCUT2D eigenvalue weighted by molar-refractivity contribution is 6.31. The normalized spacial score (nSPS) is 15.8. The van der Waals surface area contributed by atoms with Crippen LogP contribution in [0.15, 0.2) is 0 Å². The van der Waals surface area contributed by atoms with Gasteiger partial charge in [-0.05, 0) is 13.8 Å². The van der Waals surface area contributed by atoms with Gasteiger partial charge in [-0.15, -0.1) is 0 Å². The zero-order valence-corrected chi connectivity index (χ0v) is 8.71. The Morgan fingerprint density at radius 1 is 1.62 bits per heavy atom. The van der Waals surface area contributed by atoms with Crippen LogP contribution in [0.1, 0.15) is 24.4 Å². The van der Waals surface area contributed by atoms with E-state index in [0.29, 0.717) is 16.4 Å². The lowest BCUT2D eigenvalue weighted by atomic mass is 10.1. The summed E-state index contributed by atoms with van der Waals surface area (Å²) >= 11 is 5.95. The molecule has 0 aliphatic rings. The Morgan fingerprint density at radius 3 is 2.46 bits per heavy atom. The Morgan fingerprint density at radius 2 is 2.15 bits per heavy atom. The number of rotatable bonds is 2. The van der Waals surface area contributed by atoms with Crippen molar-refractivity contribution < 1.29 is 5.11 Å². The SMILES string of the molecule is Cc1nn(C)c(C(O)C(C)N)c1Cl. The first-order chi connectivity index (χ1) is 5.95. The summed E-state index contributed by atoms with van der Waals surface area (Å²) in [6.45, 7) is 3.52. The summed E-state index contributed by atoms with van der Waals surface area (Å²) in [6, 6.07) is -0.354. The van der Waals surface area contributed by atoms with Gasteiger partial charge in [0.05, 0.1) is 16.4 Å². The summed E-state index contributed by atoms with van der Waals surface area (Å²) in [6.07, 6.45) is -0.765. The fraction of sp³-hybridized carbons (Fsp3) is 0.625. The van der Waals surface area contributed by atoms with E-state index in [-0.39, 0.29) is 6.04 Å². The summed E-state index contributed by atoms with van der Waals surface area (Å²) in [5.41, 5.74) is 6.85. The molecule has 0 aliphatic heterocycles. The molecule has 2 unspecified atom stereocenters. The van der Waals surface area contributed by atoms with Gasteiger partial charge in [-0.25, -0.2) is 0 Å². The molecule has 0 aliphatic carbocycles. The zero-order chi connectivity index (χ0) is 10.2. The lowest BCUT2D eigenvalue weighted by Crippen LogP contribution is -2.26. The average Bonchev–Trinajstić information content (AvgIpc) is 2.26. The minimum absolute atomic E-state index is 0.354. The van der Waals surface area contributed by atoms with Crippen LogP contribution in [-0.2, 0) is 7.05 Å². The van der Waals surface area contributed by atoms with E-state index in [1.165, 1.54) is 0 Å². The van der Waals surface area contributed by atoms with Gasteiger partial charge in [-0.2, -0.15) is 5.10 Å². The maximum atomic E-state index is 9.70. The van der Waals surface area contributed by atoms with Crippen LogP contribution in [-0.4, -0.2) is 20.9 Å². The van der Waals surface area contributed by atoms with Crippen molar-refractivity contribution >= 4 is 11.6 Å². The third kappa shape index (κ3) is 1.85. The fourth-order valence-corrected chi connectivity index (χ4v) is 1.49. The average molecular weight is 204 g/mol. The summed E-state index contributed by atoms with van der Waals surface area (Å²) in [5.74, 6) is 0. The van der Waals surface area contributed by atoms with Gasteiger partial charge in [0.15, 0.2) is 0 Å². The van der Waals surface area contributed by atoms with E-state index in [0.717, 1.165) is 0 Å². The molecule has 0 bridgehead atoms. The van der Waals surface area contributed by atoms with E-state index in [2.05, 4.69) is 5.10 Å². The van der Waals surface area contributed by atoms with Crippen LogP contribution in [0.4, 0.5) is 0 Å². The molecule has 1 heterocycles. The quantitative estimate of drug-likeness (QED) is 0.746. The maximum Gasteiger partial charge on any atom is 0.112 e. The monoisotopic (exact) mass is 203 g/mol. The Hall–Kier alpha value is -0.580. The molecule has 0 saturated heterocycles. The van der Waals surface area contributed by atoms with E-state index in [4.69, 9.17) is 17.3 Å². The molecule has 0 amide bonds. The Bertz CT molecular complexity index is 309. The zero-order valence-electron chi connectivity index (χ0n) is 7.95. The van der Waals surface area contributed by atoms with Crippen LogP contribution in [0.2, 0.25) is 5.02 Å². The smallest absolute Gasteiger partial charge is 0.112 e. The van der Waals surface area contributed by atoms with Crippen LogP contribution in [0.3, 0.4) is 0 Å². The summed E-state index contributed by atoms with van der Waals surface area (Å²) < 4.78 is 1.56. The maximum absolute atomic E-state index is 9.70. The first kappa shape index (κ1) is 10.5. The molecule has 3 N–H and O–H groups in total. The molecule has 0 saturated carbocycles. The molecule has 1 aromatic rings. The molecular formula is C8H14ClN3O. The third-order valence-corrected chi connectivity index (χ3v) is 2.44. The predicted octanol–water partition coefficient (Wildman–Crippen LogP) is 0.763. The Labute approximate surface area is 82.3 Å². The molecule has 2 atom stereocenters. The topological polar surface area (TPSA) is 64.1 Å². The summed E-state index contributed by atoms with van der Waals surface area (Å²) in [7, 11) is 1.74. The molecule has 13 heavy (non-hydrogen) atoms. The van der Waals surface area contributed by atoms with Crippen LogP contribution < -0.4 is 5.73 Å². The van der Waals surface area contributed by atoms with E-state index in [9.17, 15) is 5.11 Å². The molecule has 1 rings (SSSR count). The van der Waals surface area contributed by atoms with Crippen LogP contribution >= 0.6 is 11.6 Å². The number of hydrogen-bond donors (Lipinski definition) is 2. The predicted molar refractivity (Wildman–Crippen MR) is 51.6 cm³/mol. The van der Waals surface area contributed by atoms with Gasteiger partial charge < -0.3 is 10.8 Å². The summed E-state index contributed by atoms with van der Waals surface area (Å²) in [5, 5.41) is 14.3. The van der Waals surface area contributed by atoms with Crippen LogP contribution in [0.5, 0.6) is 0 Å². The number of halogens is 1. The first-order valence-corrected chi connectivity index (χ1v) is 4.45. The highest BCUT2D eigenvalue weighted by Gasteiger charge is 2.21. The molecule has 1 aromatic heterocycles. The standard InChI is InChI=1S/C8H14ClN3O/c1-4(10)8(13)7-6(9)5(2)11-12(7)3/h4,8,13H,10H2,1-3H3. The molecule has 0 radical (unpaired) electrons. The molecule has 0 spiro atoms. The number of nitrogens with zero attached hydrogens (tertiary/aromatic N) is 2. The number of nitrogens with two attached hydrogens (primary N) is 1. The minimum Gasteiger partial charge on any atom is -0.385 e. The van der Waals surface area contributed by atoms with E-state index < -0.39 is 6.10 Å². The van der Waals surface area contributed by atoms with Crippen molar-refractivity contribution in [3.63, 3.8) is 0 Å². The molecule has 5 heteroatoms.